The van der Waals surface area contributed by atoms with Gasteiger partial charge in [0.1, 0.15) is 0 Å². The molecule has 0 aliphatic rings. The average Bonchev–Trinajstić information content (AvgIpc) is 2.79. The molecule has 3 rings (SSSR count). The zero-order valence-corrected chi connectivity index (χ0v) is 12.0. The highest BCUT2D eigenvalue weighted by Crippen LogP contribution is 2.19. The first-order valence-corrected chi connectivity index (χ1v) is 6.79. The Morgan fingerprint density at radius 2 is 2.05 bits per heavy atom. The Balaban J connectivity index is 1.84. The summed E-state index contributed by atoms with van der Waals surface area (Å²) < 4.78 is 0. The van der Waals surface area contributed by atoms with Crippen molar-refractivity contribution in [2.45, 2.75) is 20.3 Å². The van der Waals surface area contributed by atoms with Gasteiger partial charge >= 0.3 is 0 Å². The van der Waals surface area contributed by atoms with Gasteiger partial charge in [-0.1, -0.05) is 24.3 Å². The Labute approximate surface area is 122 Å². The number of aromatic amines is 1. The Bertz CT molecular complexity index is 782. The van der Waals surface area contributed by atoms with E-state index in [4.69, 9.17) is 0 Å². The number of para-hydroxylation sites is 1. The number of nitrogens with zero attached hydrogens (tertiary/aromatic N) is 2. The van der Waals surface area contributed by atoms with Gasteiger partial charge in [-0.3, -0.25) is 14.9 Å². The second-order valence-electron chi connectivity index (χ2n) is 5.03. The van der Waals surface area contributed by atoms with Crippen LogP contribution in [0.4, 0.5) is 5.69 Å². The van der Waals surface area contributed by atoms with Crippen LogP contribution in [0.2, 0.25) is 0 Å². The zero-order chi connectivity index (χ0) is 14.8. The third kappa shape index (κ3) is 2.63. The summed E-state index contributed by atoms with van der Waals surface area (Å²) in [6.07, 6.45) is 2.03. The Kier molecular flexibility index (Phi) is 3.39. The van der Waals surface area contributed by atoms with Crippen molar-refractivity contribution in [1.29, 1.82) is 0 Å². The van der Waals surface area contributed by atoms with Crippen molar-refractivity contribution in [3.63, 3.8) is 0 Å². The van der Waals surface area contributed by atoms with E-state index in [0.29, 0.717) is 6.42 Å². The third-order valence-corrected chi connectivity index (χ3v) is 3.46. The minimum absolute atomic E-state index is 0.0687. The van der Waals surface area contributed by atoms with Crippen molar-refractivity contribution in [2.75, 3.05) is 5.32 Å². The second kappa shape index (κ2) is 5.36. The summed E-state index contributed by atoms with van der Waals surface area (Å²) in [6.45, 7) is 3.74. The molecule has 0 spiro atoms. The number of pyridine rings is 1. The van der Waals surface area contributed by atoms with Gasteiger partial charge in [0.15, 0.2) is 0 Å². The molecule has 0 saturated heterocycles. The normalized spacial score (nSPS) is 10.8. The van der Waals surface area contributed by atoms with Crippen molar-refractivity contribution in [3.05, 3.63) is 53.5 Å². The highest BCUT2D eigenvalue weighted by atomic mass is 16.1. The fraction of sp³-hybridized carbons (Fsp3) is 0.188. The quantitative estimate of drug-likeness (QED) is 0.775. The van der Waals surface area contributed by atoms with E-state index in [1.54, 1.807) is 6.20 Å². The summed E-state index contributed by atoms with van der Waals surface area (Å²) in [5, 5.41) is 10.9. The van der Waals surface area contributed by atoms with Crippen molar-refractivity contribution in [1.82, 2.24) is 15.2 Å². The molecular weight excluding hydrogens is 264 g/mol. The number of anilines is 1. The minimum atomic E-state index is -0.0687. The van der Waals surface area contributed by atoms with Crippen LogP contribution >= 0.6 is 0 Å². The number of amides is 1. The molecule has 2 N–H and O–H groups in total. The van der Waals surface area contributed by atoms with Gasteiger partial charge in [-0.25, -0.2) is 0 Å². The molecule has 1 amide bonds. The summed E-state index contributed by atoms with van der Waals surface area (Å²) in [4.78, 5) is 16.6. The average molecular weight is 280 g/mol. The number of aryl methyl sites for hydroxylation is 2. The van der Waals surface area contributed by atoms with Crippen molar-refractivity contribution < 1.29 is 4.79 Å². The Morgan fingerprint density at radius 3 is 2.81 bits per heavy atom. The predicted octanol–water partition coefficient (Wildman–Crippen LogP) is 2.76. The molecule has 0 fully saturated rings. The van der Waals surface area contributed by atoms with Crippen LogP contribution in [0.15, 0.2) is 36.5 Å². The number of hydrogen-bond acceptors (Lipinski definition) is 3. The molecular formula is C16H16N4O. The lowest BCUT2D eigenvalue weighted by Crippen LogP contribution is -2.15. The molecule has 2 aromatic heterocycles. The predicted molar refractivity (Wildman–Crippen MR) is 82.1 cm³/mol. The highest BCUT2D eigenvalue weighted by molar-refractivity contribution is 5.95. The van der Waals surface area contributed by atoms with Crippen LogP contribution in [0, 0.1) is 13.8 Å². The number of nitrogens with one attached hydrogen (secondary N) is 2. The largest absolute Gasteiger partial charge is 0.323 e. The fourth-order valence-electron chi connectivity index (χ4n) is 2.40. The highest BCUT2D eigenvalue weighted by Gasteiger charge is 2.12. The molecule has 106 valence electrons. The number of fused-ring (bicyclic) bond motifs is 1. The van der Waals surface area contributed by atoms with E-state index >= 15 is 0 Å². The van der Waals surface area contributed by atoms with Gasteiger partial charge in [0.25, 0.3) is 0 Å². The molecule has 1 aromatic carbocycles. The summed E-state index contributed by atoms with van der Waals surface area (Å²) >= 11 is 0. The topological polar surface area (TPSA) is 70.7 Å². The standard InChI is InChI=1S/C16H16N4O/c1-10-15(11(2)20-19-10)18-14(21)9-13-6-3-5-12-7-4-8-17-16(12)13/h3-8H,9H2,1-2H3,(H,18,21)(H,19,20). The van der Waals surface area contributed by atoms with E-state index in [9.17, 15) is 4.79 Å². The Hall–Kier alpha value is -2.69. The van der Waals surface area contributed by atoms with Crippen LogP contribution in [0.5, 0.6) is 0 Å². The molecule has 5 heteroatoms. The second-order valence-corrected chi connectivity index (χ2v) is 5.03. The molecule has 0 bridgehead atoms. The lowest BCUT2D eigenvalue weighted by molar-refractivity contribution is -0.115. The van der Waals surface area contributed by atoms with Crippen LogP contribution in [0.25, 0.3) is 10.9 Å². The molecule has 0 aliphatic heterocycles. The van der Waals surface area contributed by atoms with Crippen LogP contribution in [0.1, 0.15) is 17.0 Å². The number of rotatable bonds is 3. The number of carbonyl (C=O) groups is 1. The first-order valence-electron chi connectivity index (χ1n) is 6.79. The molecule has 0 aliphatic carbocycles. The van der Waals surface area contributed by atoms with Gasteiger partial charge in [-0.2, -0.15) is 5.10 Å². The Morgan fingerprint density at radius 1 is 1.24 bits per heavy atom. The summed E-state index contributed by atoms with van der Waals surface area (Å²) in [5.41, 5.74) is 4.20. The molecule has 21 heavy (non-hydrogen) atoms. The van der Waals surface area contributed by atoms with E-state index in [1.165, 1.54) is 0 Å². The van der Waals surface area contributed by atoms with Crippen LogP contribution in [-0.4, -0.2) is 21.1 Å². The molecule has 3 aromatic rings. The minimum Gasteiger partial charge on any atom is -0.323 e. The zero-order valence-electron chi connectivity index (χ0n) is 12.0. The molecule has 2 heterocycles. The van der Waals surface area contributed by atoms with Crippen LogP contribution in [0.3, 0.4) is 0 Å². The van der Waals surface area contributed by atoms with Gasteiger partial charge in [-0.15, -0.1) is 0 Å². The SMILES string of the molecule is Cc1n[nH]c(C)c1NC(=O)Cc1cccc2cccnc12. The van der Waals surface area contributed by atoms with E-state index in [1.807, 2.05) is 44.2 Å². The molecule has 0 saturated carbocycles. The number of H-pyrrole nitrogens is 1. The van der Waals surface area contributed by atoms with Crippen molar-refractivity contribution in [3.8, 4) is 0 Å². The van der Waals surface area contributed by atoms with Gasteiger partial charge in [-0.05, 0) is 25.5 Å². The summed E-state index contributed by atoms with van der Waals surface area (Å²) in [6, 6.07) is 9.76. The van der Waals surface area contributed by atoms with Gasteiger partial charge in [0.05, 0.1) is 29.0 Å². The first kappa shape index (κ1) is 13.3. The van der Waals surface area contributed by atoms with Crippen LogP contribution in [-0.2, 0) is 11.2 Å². The van der Waals surface area contributed by atoms with Gasteiger partial charge < -0.3 is 5.32 Å². The smallest absolute Gasteiger partial charge is 0.228 e. The molecule has 0 radical (unpaired) electrons. The van der Waals surface area contributed by atoms with E-state index in [0.717, 1.165) is 33.5 Å². The van der Waals surface area contributed by atoms with E-state index < -0.39 is 0 Å². The number of hydrogen-bond donors (Lipinski definition) is 2. The number of benzene rings is 1. The maximum atomic E-state index is 12.2. The maximum absolute atomic E-state index is 12.2. The fourth-order valence-corrected chi connectivity index (χ4v) is 2.40. The monoisotopic (exact) mass is 280 g/mol. The van der Waals surface area contributed by atoms with E-state index in [2.05, 4.69) is 20.5 Å². The van der Waals surface area contributed by atoms with Gasteiger partial charge in [0, 0.05) is 11.6 Å². The number of carbonyl (C=O) groups excluding carboxylic acids is 1. The van der Waals surface area contributed by atoms with Crippen molar-refractivity contribution in [2.24, 2.45) is 0 Å². The molecule has 0 unspecified atom stereocenters. The maximum Gasteiger partial charge on any atom is 0.228 e. The lowest BCUT2D eigenvalue weighted by atomic mass is 10.1. The lowest BCUT2D eigenvalue weighted by Gasteiger charge is -2.07. The van der Waals surface area contributed by atoms with Gasteiger partial charge in [0.2, 0.25) is 5.91 Å². The third-order valence-electron chi connectivity index (χ3n) is 3.46. The van der Waals surface area contributed by atoms with Crippen LogP contribution < -0.4 is 5.32 Å². The molecule has 5 nitrogen and oxygen atoms in total. The van der Waals surface area contributed by atoms with E-state index in [-0.39, 0.29) is 5.91 Å². The summed E-state index contributed by atoms with van der Waals surface area (Å²) in [7, 11) is 0. The first-order chi connectivity index (χ1) is 10.1. The number of aromatic nitrogens is 3. The molecule has 0 atom stereocenters. The summed E-state index contributed by atoms with van der Waals surface area (Å²) in [5.74, 6) is -0.0687. The van der Waals surface area contributed by atoms with Crippen molar-refractivity contribution >= 4 is 22.5 Å².